The summed E-state index contributed by atoms with van der Waals surface area (Å²) in [6.45, 7) is 1.87. The fourth-order valence-corrected chi connectivity index (χ4v) is 1.83. The number of aromatic amines is 1. The predicted molar refractivity (Wildman–Crippen MR) is 60.9 cm³/mol. The second-order valence-electron chi connectivity index (χ2n) is 3.57. The molecule has 0 aliphatic rings. The summed E-state index contributed by atoms with van der Waals surface area (Å²) in [6, 6.07) is 3.38. The van der Waals surface area contributed by atoms with Crippen LogP contribution in [-0.4, -0.2) is 19.6 Å². The van der Waals surface area contributed by atoms with Crippen molar-refractivity contribution in [1.29, 1.82) is 0 Å². The SMILES string of the molecule is Cc1cc2nc3cc(Cl)ncc3c(=O)n2[nH]1. The van der Waals surface area contributed by atoms with Crippen LogP contribution in [0.5, 0.6) is 0 Å². The molecule has 0 saturated heterocycles. The van der Waals surface area contributed by atoms with E-state index < -0.39 is 0 Å². The van der Waals surface area contributed by atoms with Crippen molar-refractivity contribution in [2.75, 3.05) is 0 Å². The highest BCUT2D eigenvalue weighted by molar-refractivity contribution is 6.29. The minimum atomic E-state index is -0.169. The third kappa shape index (κ3) is 1.22. The normalized spacial score (nSPS) is 11.4. The van der Waals surface area contributed by atoms with Crippen LogP contribution in [0.15, 0.2) is 23.1 Å². The van der Waals surface area contributed by atoms with Crippen LogP contribution in [0, 0.1) is 6.92 Å². The van der Waals surface area contributed by atoms with Gasteiger partial charge in [-0.05, 0) is 6.92 Å². The zero-order chi connectivity index (χ0) is 11.3. The molecule has 3 aromatic rings. The number of hydrogen-bond donors (Lipinski definition) is 1. The summed E-state index contributed by atoms with van der Waals surface area (Å²) in [7, 11) is 0. The van der Waals surface area contributed by atoms with Crippen molar-refractivity contribution in [3.05, 3.63) is 39.5 Å². The predicted octanol–water partition coefficient (Wildman–Crippen LogP) is 1.53. The lowest BCUT2D eigenvalue weighted by molar-refractivity contribution is 0.894. The van der Waals surface area contributed by atoms with E-state index in [1.807, 2.05) is 6.92 Å². The van der Waals surface area contributed by atoms with Crippen molar-refractivity contribution in [2.24, 2.45) is 0 Å². The van der Waals surface area contributed by atoms with Gasteiger partial charge in [0, 0.05) is 24.0 Å². The van der Waals surface area contributed by atoms with Gasteiger partial charge >= 0.3 is 0 Å². The number of pyridine rings is 1. The highest BCUT2D eigenvalue weighted by Gasteiger charge is 2.07. The van der Waals surface area contributed by atoms with Crippen LogP contribution in [0.1, 0.15) is 5.69 Å². The molecule has 5 nitrogen and oxygen atoms in total. The van der Waals surface area contributed by atoms with Gasteiger partial charge in [-0.25, -0.2) is 14.5 Å². The first-order chi connectivity index (χ1) is 7.65. The molecule has 6 heteroatoms. The molecular weight excluding hydrogens is 228 g/mol. The van der Waals surface area contributed by atoms with Gasteiger partial charge in [0.05, 0.1) is 10.9 Å². The lowest BCUT2D eigenvalue weighted by atomic mass is 10.3. The van der Waals surface area contributed by atoms with E-state index in [9.17, 15) is 4.79 Å². The maximum atomic E-state index is 12.0. The number of H-pyrrole nitrogens is 1. The highest BCUT2D eigenvalue weighted by atomic mass is 35.5. The molecule has 0 saturated carbocycles. The molecule has 0 aliphatic carbocycles. The summed E-state index contributed by atoms with van der Waals surface area (Å²) in [5, 5.41) is 3.69. The molecule has 3 aromatic heterocycles. The number of halogens is 1. The Balaban J connectivity index is 2.60. The van der Waals surface area contributed by atoms with E-state index >= 15 is 0 Å². The Morgan fingerprint density at radius 1 is 1.44 bits per heavy atom. The maximum Gasteiger partial charge on any atom is 0.282 e. The minimum Gasteiger partial charge on any atom is -0.294 e. The molecule has 0 amide bonds. The molecule has 1 N–H and O–H groups in total. The standard InChI is InChI=1S/C10H7ClN4O/c1-5-2-9-13-7-3-8(11)12-4-6(7)10(16)15(9)14-5/h2-4,14H,1H3. The van der Waals surface area contributed by atoms with Gasteiger partial charge in [-0.3, -0.25) is 9.89 Å². The number of aryl methyl sites for hydroxylation is 1. The van der Waals surface area contributed by atoms with Crippen LogP contribution in [0.3, 0.4) is 0 Å². The fraction of sp³-hybridized carbons (Fsp3) is 0.100. The Hall–Kier alpha value is -1.88. The van der Waals surface area contributed by atoms with Crippen molar-refractivity contribution in [3.63, 3.8) is 0 Å². The van der Waals surface area contributed by atoms with Crippen molar-refractivity contribution in [3.8, 4) is 0 Å². The van der Waals surface area contributed by atoms with Gasteiger partial charge in [-0.1, -0.05) is 11.6 Å². The number of aromatic nitrogens is 4. The van der Waals surface area contributed by atoms with Gasteiger partial charge in [0.25, 0.3) is 5.56 Å². The van der Waals surface area contributed by atoms with Crippen LogP contribution < -0.4 is 5.56 Å². The molecule has 0 unspecified atom stereocenters. The topological polar surface area (TPSA) is 63.1 Å². The van der Waals surface area contributed by atoms with Crippen LogP contribution in [0.4, 0.5) is 0 Å². The molecule has 80 valence electrons. The second-order valence-corrected chi connectivity index (χ2v) is 3.96. The van der Waals surface area contributed by atoms with Crippen LogP contribution in [0.2, 0.25) is 5.15 Å². The highest BCUT2D eigenvalue weighted by Crippen LogP contribution is 2.13. The van der Waals surface area contributed by atoms with E-state index in [0.717, 1.165) is 5.69 Å². The summed E-state index contributed by atoms with van der Waals surface area (Å²) >= 11 is 5.76. The third-order valence-electron chi connectivity index (χ3n) is 2.38. The van der Waals surface area contributed by atoms with Crippen LogP contribution >= 0.6 is 11.6 Å². The van der Waals surface area contributed by atoms with Gasteiger partial charge in [-0.2, -0.15) is 0 Å². The van der Waals surface area contributed by atoms with Gasteiger partial charge in [0.1, 0.15) is 5.15 Å². The van der Waals surface area contributed by atoms with E-state index in [0.29, 0.717) is 21.7 Å². The number of hydrogen-bond acceptors (Lipinski definition) is 3. The van der Waals surface area contributed by atoms with Gasteiger partial charge < -0.3 is 0 Å². The Labute approximate surface area is 94.7 Å². The summed E-state index contributed by atoms with van der Waals surface area (Å²) in [5.41, 5.74) is 1.84. The van der Waals surface area contributed by atoms with E-state index in [-0.39, 0.29) is 5.56 Å². The number of nitrogens with one attached hydrogen (secondary N) is 1. The Morgan fingerprint density at radius 2 is 2.25 bits per heavy atom. The first-order valence-electron chi connectivity index (χ1n) is 4.69. The Bertz CT molecular complexity index is 758. The van der Waals surface area contributed by atoms with Crippen LogP contribution in [-0.2, 0) is 0 Å². The zero-order valence-corrected chi connectivity index (χ0v) is 9.12. The molecule has 0 radical (unpaired) electrons. The first-order valence-corrected chi connectivity index (χ1v) is 5.06. The van der Waals surface area contributed by atoms with Crippen molar-refractivity contribution < 1.29 is 0 Å². The third-order valence-corrected chi connectivity index (χ3v) is 2.59. The quantitative estimate of drug-likeness (QED) is 0.600. The second kappa shape index (κ2) is 3.05. The number of rotatable bonds is 0. The van der Waals surface area contributed by atoms with E-state index in [4.69, 9.17) is 11.6 Å². The number of fused-ring (bicyclic) bond motifs is 2. The monoisotopic (exact) mass is 234 g/mol. The lowest BCUT2D eigenvalue weighted by Crippen LogP contribution is -2.15. The fourth-order valence-electron chi connectivity index (χ4n) is 1.68. The van der Waals surface area contributed by atoms with E-state index in [1.165, 1.54) is 10.7 Å². The summed E-state index contributed by atoms with van der Waals surface area (Å²) in [4.78, 5) is 20.2. The minimum absolute atomic E-state index is 0.169. The molecule has 0 fully saturated rings. The summed E-state index contributed by atoms with van der Waals surface area (Å²) < 4.78 is 1.40. The molecule has 3 heterocycles. The Morgan fingerprint density at radius 3 is 3.06 bits per heavy atom. The van der Waals surface area contributed by atoms with Gasteiger partial charge in [0.2, 0.25) is 0 Å². The molecule has 0 spiro atoms. The summed E-state index contributed by atoms with van der Waals surface area (Å²) in [6.07, 6.45) is 1.44. The molecular formula is C10H7ClN4O. The van der Waals surface area contributed by atoms with E-state index in [2.05, 4.69) is 15.1 Å². The Kier molecular flexibility index (Phi) is 1.79. The average molecular weight is 235 g/mol. The lowest BCUT2D eigenvalue weighted by Gasteiger charge is -1.98. The van der Waals surface area contributed by atoms with Crippen molar-refractivity contribution >= 4 is 28.2 Å². The van der Waals surface area contributed by atoms with Gasteiger partial charge in [0.15, 0.2) is 5.65 Å². The largest absolute Gasteiger partial charge is 0.294 e. The van der Waals surface area contributed by atoms with Crippen molar-refractivity contribution in [2.45, 2.75) is 6.92 Å². The maximum absolute atomic E-state index is 12.0. The van der Waals surface area contributed by atoms with Crippen LogP contribution in [0.25, 0.3) is 16.6 Å². The molecule has 0 bridgehead atoms. The smallest absolute Gasteiger partial charge is 0.282 e. The average Bonchev–Trinajstić information content (AvgIpc) is 2.59. The molecule has 0 aromatic carbocycles. The molecule has 3 rings (SSSR count). The number of nitrogens with zero attached hydrogens (tertiary/aromatic N) is 3. The van der Waals surface area contributed by atoms with E-state index in [1.54, 1.807) is 12.1 Å². The molecule has 0 aliphatic heterocycles. The molecule has 16 heavy (non-hydrogen) atoms. The first kappa shape index (κ1) is 9.35. The summed E-state index contributed by atoms with van der Waals surface area (Å²) in [5.74, 6) is 0. The zero-order valence-electron chi connectivity index (χ0n) is 8.36. The molecule has 0 atom stereocenters. The van der Waals surface area contributed by atoms with Crippen molar-refractivity contribution in [1.82, 2.24) is 19.6 Å². The van der Waals surface area contributed by atoms with Gasteiger partial charge in [-0.15, -0.1) is 0 Å².